The normalized spacial score (nSPS) is 19.0. The van der Waals surface area contributed by atoms with Gasteiger partial charge in [0.25, 0.3) is 0 Å². The summed E-state index contributed by atoms with van der Waals surface area (Å²) in [7, 11) is 0. The molecule has 3 nitrogen and oxygen atoms in total. The van der Waals surface area contributed by atoms with Gasteiger partial charge in [-0.25, -0.2) is 4.39 Å². The third-order valence-corrected chi connectivity index (χ3v) is 3.89. The molecular weight excluding hydrogens is 241 g/mol. The maximum atomic E-state index is 13.3. The van der Waals surface area contributed by atoms with Crippen molar-refractivity contribution in [1.29, 1.82) is 0 Å². The van der Waals surface area contributed by atoms with E-state index in [4.69, 9.17) is 0 Å². The van der Waals surface area contributed by atoms with Crippen LogP contribution >= 0.6 is 0 Å². The second-order valence-electron chi connectivity index (χ2n) is 5.22. The number of benzene rings is 1. The van der Waals surface area contributed by atoms with Crippen molar-refractivity contribution in [2.45, 2.75) is 32.7 Å². The molecule has 2 aromatic rings. The first kappa shape index (κ1) is 12.4. The van der Waals surface area contributed by atoms with Gasteiger partial charge in [0, 0.05) is 11.6 Å². The van der Waals surface area contributed by atoms with Gasteiger partial charge in [-0.05, 0) is 62.6 Å². The lowest BCUT2D eigenvalue weighted by Gasteiger charge is -2.09. The zero-order valence-electron chi connectivity index (χ0n) is 11.3. The summed E-state index contributed by atoms with van der Waals surface area (Å²) in [6.45, 7) is 4.92. The molecule has 0 bridgehead atoms. The molecule has 0 amide bonds. The number of hydrogen-bond donors (Lipinski definition) is 2. The van der Waals surface area contributed by atoms with Gasteiger partial charge in [-0.3, -0.25) is 5.10 Å². The number of nitrogens with zero attached hydrogens (tertiary/aromatic N) is 1. The maximum absolute atomic E-state index is 13.3. The summed E-state index contributed by atoms with van der Waals surface area (Å²) in [5, 5.41) is 11.0. The van der Waals surface area contributed by atoms with Gasteiger partial charge in [-0.15, -0.1) is 0 Å². The van der Waals surface area contributed by atoms with Crippen LogP contribution in [-0.2, 0) is 0 Å². The standard InChI is InChI=1S/C15H18FN3/c1-9-8-11(5-6-12(9)16)14-10(2)15(19-18-14)13-4-3-7-17-13/h5-6,8,13,17H,3-4,7H2,1-2H3,(H,18,19). The minimum Gasteiger partial charge on any atom is -0.309 e. The average Bonchev–Trinajstić information content (AvgIpc) is 3.02. The van der Waals surface area contributed by atoms with Crippen molar-refractivity contribution in [3.63, 3.8) is 0 Å². The SMILES string of the molecule is Cc1cc(-c2n[nH]c(C3CCCN3)c2C)ccc1F. The molecule has 1 atom stereocenters. The van der Waals surface area contributed by atoms with Crippen LogP contribution < -0.4 is 5.32 Å². The Hall–Kier alpha value is -1.68. The van der Waals surface area contributed by atoms with Crippen molar-refractivity contribution in [3.8, 4) is 11.3 Å². The highest BCUT2D eigenvalue weighted by atomic mass is 19.1. The van der Waals surface area contributed by atoms with E-state index in [2.05, 4.69) is 22.4 Å². The predicted octanol–water partition coefficient (Wildman–Crippen LogP) is 3.26. The Morgan fingerprint density at radius 3 is 2.84 bits per heavy atom. The molecule has 1 aliphatic heterocycles. The smallest absolute Gasteiger partial charge is 0.126 e. The molecule has 1 unspecified atom stereocenters. The molecule has 4 heteroatoms. The molecule has 0 spiro atoms. The Labute approximate surface area is 112 Å². The second kappa shape index (κ2) is 4.78. The Morgan fingerprint density at radius 1 is 1.32 bits per heavy atom. The number of aromatic nitrogens is 2. The summed E-state index contributed by atoms with van der Waals surface area (Å²) in [5.41, 5.74) is 4.86. The van der Waals surface area contributed by atoms with Crippen molar-refractivity contribution >= 4 is 0 Å². The summed E-state index contributed by atoms with van der Waals surface area (Å²) in [5.74, 6) is -0.172. The fourth-order valence-corrected chi connectivity index (χ4v) is 2.75. The lowest BCUT2D eigenvalue weighted by atomic mass is 10.0. The zero-order valence-corrected chi connectivity index (χ0v) is 11.3. The van der Waals surface area contributed by atoms with Crippen LogP contribution in [0.25, 0.3) is 11.3 Å². The topological polar surface area (TPSA) is 40.7 Å². The van der Waals surface area contributed by atoms with E-state index in [0.29, 0.717) is 11.6 Å². The summed E-state index contributed by atoms with van der Waals surface area (Å²) >= 11 is 0. The average molecular weight is 259 g/mol. The molecule has 2 N–H and O–H groups in total. The molecule has 0 radical (unpaired) electrons. The molecule has 1 fully saturated rings. The van der Waals surface area contributed by atoms with E-state index < -0.39 is 0 Å². The van der Waals surface area contributed by atoms with E-state index in [-0.39, 0.29) is 5.82 Å². The van der Waals surface area contributed by atoms with E-state index in [1.54, 1.807) is 13.0 Å². The van der Waals surface area contributed by atoms with Crippen LogP contribution in [0.3, 0.4) is 0 Å². The maximum Gasteiger partial charge on any atom is 0.126 e. The molecule has 2 heterocycles. The summed E-state index contributed by atoms with van der Waals surface area (Å²) < 4.78 is 13.3. The lowest BCUT2D eigenvalue weighted by molar-refractivity contribution is 0.618. The van der Waals surface area contributed by atoms with E-state index in [1.807, 2.05) is 6.07 Å². The fourth-order valence-electron chi connectivity index (χ4n) is 2.75. The van der Waals surface area contributed by atoms with Crippen molar-refractivity contribution in [2.75, 3.05) is 6.54 Å². The highest BCUT2D eigenvalue weighted by Gasteiger charge is 2.22. The number of aryl methyl sites for hydroxylation is 1. The molecule has 1 aromatic carbocycles. The number of rotatable bonds is 2. The predicted molar refractivity (Wildman–Crippen MR) is 73.4 cm³/mol. The van der Waals surface area contributed by atoms with E-state index in [0.717, 1.165) is 35.5 Å². The molecular formula is C15H18FN3. The highest BCUT2D eigenvalue weighted by molar-refractivity contribution is 5.64. The van der Waals surface area contributed by atoms with Crippen LogP contribution in [0.2, 0.25) is 0 Å². The van der Waals surface area contributed by atoms with E-state index >= 15 is 0 Å². The van der Waals surface area contributed by atoms with Gasteiger partial charge in [0.05, 0.1) is 11.4 Å². The van der Waals surface area contributed by atoms with Crippen molar-refractivity contribution in [2.24, 2.45) is 0 Å². The Kier molecular flexibility index (Phi) is 3.11. The molecule has 0 aliphatic carbocycles. The molecule has 0 saturated carbocycles. The zero-order chi connectivity index (χ0) is 13.4. The number of H-pyrrole nitrogens is 1. The van der Waals surface area contributed by atoms with Crippen LogP contribution in [0.4, 0.5) is 4.39 Å². The number of halogens is 1. The van der Waals surface area contributed by atoms with Gasteiger partial charge in [-0.2, -0.15) is 5.10 Å². The minimum absolute atomic E-state index is 0.172. The van der Waals surface area contributed by atoms with E-state index in [9.17, 15) is 4.39 Å². The van der Waals surface area contributed by atoms with Crippen molar-refractivity contribution in [1.82, 2.24) is 15.5 Å². The first-order valence-corrected chi connectivity index (χ1v) is 6.71. The summed E-state index contributed by atoms with van der Waals surface area (Å²) in [4.78, 5) is 0. The Balaban J connectivity index is 1.99. The summed E-state index contributed by atoms with van der Waals surface area (Å²) in [6.07, 6.45) is 2.35. The number of nitrogens with one attached hydrogen (secondary N) is 2. The third kappa shape index (κ3) is 2.16. The summed E-state index contributed by atoms with van der Waals surface area (Å²) in [6, 6.07) is 5.52. The van der Waals surface area contributed by atoms with Gasteiger partial charge in [-0.1, -0.05) is 0 Å². The Bertz CT molecular complexity index is 597. The Morgan fingerprint density at radius 2 is 2.16 bits per heavy atom. The molecule has 100 valence electrons. The van der Waals surface area contributed by atoms with Crippen molar-refractivity contribution in [3.05, 3.63) is 40.8 Å². The number of hydrogen-bond acceptors (Lipinski definition) is 2. The molecule has 1 aliphatic rings. The minimum atomic E-state index is -0.172. The quantitative estimate of drug-likeness (QED) is 0.869. The van der Waals surface area contributed by atoms with Gasteiger partial charge >= 0.3 is 0 Å². The molecule has 1 saturated heterocycles. The fraction of sp³-hybridized carbons (Fsp3) is 0.400. The van der Waals surface area contributed by atoms with E-state index in [1.165, 1.54) is 12.5 Å². The highest BCUT2D eigenvalue weighted by Crippen LogP contribution is 2.30. The van der Waals surface area contributed by atoms with Crippen LogP contribution in [0, 0.1) is 19.7 Å². The van der Waals surface area contributed by atoms with Crippen LogP contribution in [0.1, 0.15) is 35.7 Å². The molecule has 19 heavy (non-hydrogen) atoms. The lowest BCUT2D eigenvalue weighted by Crippen LogP contribution is -2.14. The largest absolute Gasteiger partial charge is 0.309 e. The molecule has 1 aromatic heterocycles. The van der Waals surface area contributed by atoms with Crippen LogP contribution in [0.5, 0.6) is 0 Å². The van der Waals surface area contributed by atoms with Gasteiger partial charge in [0.15, 0.2) is 0 Å². The first-order chi connectivity index (χ1) is 9.16. The van der Waals surface area contributed by atoms with Crippen LogP contribution in [0.15, 0.2) is 18.2 Å². The number of aromatic amines is 1. The monoisotopic (exact) mass is 259 g/mol. The third-order valence-electron chi connectivity index (χ3n) is 3.89. The van der Waals surface area contributed by atoms with Gasteiger partial charge in [0.2, 0.25) is 0 Å². The van der Waals surface area contributed by atoms with Crippen LogP contribution in [-0.4, -0.2) is 16.7 Å². The second-order valence-corrected chi connectivity index (χ2v) is 5.22. The van der Waals surface area contributed by atoms with Gasteiger partial charge < -0.3 is 5.32 Å². The molecule has 3 rings (SSSR count). The van der Waals surface area contributed by atoms with Gasteiger partial charge in [0.1, 0.15) is 5.82 Å². The first-order valence-electron chi connectivity index (χ1n) is 6.71. The van der Waals surface area contributed by atoms with Crippen molar-refractivity contribution < 1.29 is 4.39 Å².